The van der Waals surface area contributed by atoms with Gasteiger partial charge in [-0.2, -0.15) is 0 Å². The smallest absolute Gasteiger partial charge is 0.254 e. The molecule has 1 aliphatic heterocycles. The first-order valence-electron chi connectivity index (χ1n) is 15.1. The van der Waals surface area contributed by atoms with Crippen molar-refractivity contribution in [2.75, 3.05) is 67.1 Å². The van der Waals surface area contributed by atoms with E-state index in [4.69, 9.17) is 40.0 Å². The molecular formula is C32H42ClFN6O7. The van der Waals surface area contributed by atoms with Gasteiger partial charge < -0.3 is 44.4 Å². The van der Waals surface area contributed by atoms with Crippen LogP contribution in [-0.2, 0) is 23.7 Å². The van der Waals surface area contributed by atoms with Crippen molar-refractivity contribution in [3.63, 3.8) is 0 Å². The van der Waals surface area contributed by atoms with Crippen LogP contribution in [0.2, 0.25) is 5.02 Å². The summed E-state index contributed by atoms with van der Waals surface area (Å²) in [5, 5.41) is 9.78. The number of halogens is 2. The van der Waals surface area contributed by atoms with E-state index in [1.54, 1.807) is 40.7 Å². The fourth-order valence-electron chi connectivity index (χ4n) is 5.46. The Labute approximate surface area is 278 Å². The number of nitrogens with one attached hydrogen (secondary N) is 3. The second-order valence-electron chi connectivity index (χ2n) is 10.7. The summed E-state index contributed by atoms with van der Waals surface area (Å²) in [4.78, 5) is 25.9. The molecule has 13 nitrogen and oxygen atoms in total. The molecule has 1 aromatic carbocycles. The molecule has 15 heteroatoms. The van der Waals surface area contributed by atoms with Gasteiger partial charge >= 0.3 is 0 Å². The monoisotopic (exact) mass is 676 g/mol. The van der Waals surface area contributed by atoms with E-state index in [2.05, 4.69) is 30.9 Å². The first-order valence-corrected chi connectivity index (χ1v) is 15.5. The number of benzene rings is 1. The van der Waals surface area contributed by atoms with Gasteiger partial charge in [-0.15, -0.1) is 0 Å². The summed E-state index contributed by atoms with van der Waals surface area (Å²) in [5.41, 5.74) is 0.856. The van der Waals surface area contributed by atoms with Gasteiger partial charge in [-0.1, -0.05) is 11.6 Å². The molecule has 3 aromatic rings. The van der Waals surface area contributed by atoms with Gasteiger partial charge in [-0.05, 0) is 50.2 Å². The molecule has 47 heavy (non-hydrogen) atoms. The number of nitrogens with zero attached hydrogens (tertiary/aromatic N) is 3. The minimum absolute atomic E-state index is 0.0983. The minimum Gasteiger partial charge on any atom is -0.491 e. The van der Waals surface area contributed by atoms with E-state index in [-0.39, 0.29) is 53.6 Å². The van der Waals surface area contributed by atoms with Crippen molar-refractivity contribution in [1.82, 2.24) is 25.6 Å². The van der Waals surface area contributed by atoms with Gasteiger partial charge in [-0.3, -0.25) is 9.78 Å². The van der Waals surface area contributed by atoms with Crippen molar-refractivity contribution in [3.05, 3.63) is 59.3 Å². The highest BCUT2D eigenvalue weighted by molar-refractivity contribution is 6.30. The van der Waals surface area contributed by atoms with E-state index >= 15 is 0 Å². The molecular weight excluding hydrogens is 635 g/mol. The molecule has 1 aliphatic rings. The SMILES string of the molecule is COC[C@H]1OC(CCNCCCNC(=O)c2cnccc2Nc2nc(-c3cc(Cl)ccc3F)ncc2OC)[C@@H](OC)[C@@H](OC)[C@@H]1OC. The molecule has 0 radical (unpaired) electrons. The van der Waals surface area contributed by atoms with Crippen LogP contribution in [0.25, 0.3) is 11.4 Å². The molecule has 0 aliphatic carbocycles. The number of hydrogen-bond acceptors (Lipinski definition) is 12. The number of aromatic nitrogens is 3. The average Bonchev–Trinajstić information content (AvgIpc) is 3.08. The molecule has 1 fully saturated rings. The summed E-state index contributed by atoms with van der Waals surface area (Å²) >= 11 is 6.06. The van der Waals surface area contributed by atoms with Crippen LogP contribution >= 0.6 is 11.6 Å². The van der Waals surface area contributed by atoms with Crippen LogP contribution in [-0.4, -0.2) is 113 Å². The summed E-state index contributed by atoms with van der Waals surface area (Å²) in [6.07, 6.45) is 4.38. The fourth-order valence-corrected chi connectivity index (χ4v) is 5.63. The van der Waals surface area contributed by atoms with Crippen LogP contribution in [0.4, 0.5) is 15.9 Å². The highest BCUT2D eigenvalue weighted by atomic mass is 35.5. The maximum Gasteiger partial charge on any atom is 0.254 e. The molecule has 0 spiro atoms. The van der Waals surface area contributed by atoms with Gasteiger partial charge in [0.2, 0.25) is 0 Å². The Morgan fingerprint density at radius 3 is 2.47 bits per heavy atom. The Morgan fingerprint density at radius 2 is 1.74 bits per heavy atom. The second kappa shape index (κ2) is 18.2. The number of amides is 1. The van der Waals surface area contributed by atoms with Crippen LogP contribution in [0.15, 0.2) is 42.9 Å². The van der Waals surface area contributed by atoms with E-state index in [0.717, 1.165) is 0 Å². The Morgan fingerprint density at radius 1 is 0.979 bits per heavy atom. The number of carbonyl (C=O) groups is 1. The van der Waals surface area contributed by atoms with E-state index in [1.165, 1.54) is 37.7 Å². The lowest BCUT2D eigenvalue weighted by atomic mass is 9.93. The first kappa shape index (κ1) is 36.3. The first-order chi connectivity index (χ1) is 22.8. The van der Waals surface area contributed by atoms with E-state index in [1.807, 2.05) is 0 Å². The lowest BCUT2D eigenvalue weighted by Gasteiger charge is -2.45. The van der Waals surface area contributed by atoms with Crippen LogP contribution in [0, 0.1) is 5.82 Å². The summed E-state index contributed by atoms with van der Waals surface area (Å²) in [5.74, 6) is -0.216. The normalized spacial score (nSPS) is 21.0. The van der Waals surface area contributed by atoms with E-state index in [0.29, 0.717) is 61.1 Å². The second-order valence-corrected chi connectivity index (χ2v) is 11.1. The zero-order valence-electron chi connectivity index (χ0n) is 27.1. The van der Waals surface area contributed by atoms with Gasteiger partial charge in [0.25, 0.3) is 5.91 Å². The molecule has 256 valence electrons. The van der Waals surface area contributed by atoms with Crippen molar-refractivity contribution in [2.24, 2.45) is 0 Å². The van der Waals surface area contributed by atoms with Crippen molar-refractivity contribution in [2.45, 2.75) is 43.4 Å². The quantitative estimate of drug-likeness (QED) is 0.179. The number of anilines is 2. The van der Waals surface area contributed by atoms with Crippen LogP contribution in [0.3, 0.4) is 0 Å². The molecule has 1 amide bonds. The van der Waals surface area contributed by atoms with E-state index in [9.17, 15) is 9.18 Å². The van der Waals surface area contributed by atoms with Gasteiger partial charge in [0.05, 0.1) is 42.8 Å². The summed E-state index contributed by atoms with van der Waals surface area (Å²) < 4.78 is 48.6. The largest absolute Gasteiger partial charge is 0.491 e. The highest BCUT2D eigenvalue weighted by Gasteiger charge is 2.46. The van der Waals surface area contributed by atoms with Crippen LogP contribution < -0.4 is 20.7 Å². The third kappa shape index (κ3) is 9.32. The Kier molecular flexibility index (Phi) is 14.0. The van der Waals surface area contributed by atoms with Crippen molar-refractivity contribution in [1.29, 1.82) is 0 Å². The topological polar surface area (TPSA) is 147 Å². The number of rotatable bonds is 17. The van der Waals surface area contributed by atoms with Gasteiger partial charge in [0.1, 0.15) is 30.2 Å². The fraction of sp³-hybridized carbons (Fsp3) is 0.500. The summed E-state index contributed by atoms with van der Waals surface area (Å²) in [6, 6.07) is 5.76. The lowest BCUT2D eigenvalue weighted by molar-refractivity contribution is -0.250. The van der Waals surface area contributed by atoms with Crippen molar-refractivity contribution in [3.8, 4) is 17.1 Å². The predicted octanol–water partition coefficient (Wildman–Crippen LogP) is 3.64. The predicted molar refractivity (Wildman–Crippen MR) is 174 cm³/mol. The number of hydrogen-bond donors (Lipinski definition) is 3. The average molecular weight is 677 g/mol. The number of carbonyl (C=O) groups excluding carboxylic acids is 1. The molecule has 5 atom stereocenters. The number of pyridine rings is 1. The van der Waals surface area contributed by atoms with Crippen LogP contribution in [0.1, 0.15) is 23.2 Å². The van der Waals surface area contributed by atoms with Gasteiger partial charge in [0, 0.05) is 52.4 Å². The zero-order valence-corrected chi connectivity index (χ0v) is 27.9. The maximum atomic E-state index is 14.5. The summed E-state index contributed by atoms with van der Waals surface area (Å²) in [7, 11) is 7.98. The lowest BCUT2D eigenvalue weighted by Crippen LogP contribution is -2.60. The molecule has 3 heterocycles. The molecule has 2 aromatic heterocycles. The Balaban J connectivity index is 1.30. The summed E-state index contributed by atoms with van der Waals surface area (Å²) in [6.45, 7) is 2.14. The molecule has 3 N–H and O–H groups in total. The van der Waals surface area contributed by atoms with Gasteiger partial charge in [-0.25, -0.2) is 14.4 Å². The van der Waals surface area contributed by atoms with Gasteiger partial charge in [0.15, 0.2) is 17.4 Å². The zero-order chi connectivity index (χ0) is 33.8. The molecule has 4 rings (SSSR count). The molecule has 1 saturated heterocycles. The molecule has 1 unspecified atom stereocenters. The Bertz CT molecular complexity index is 1460. The number of ether oxygens (including phenoxy) is 6. The number of methoxy groups -OCH3 is 5. The maximum absolute atomic E-state index is 14.5. The third-order valence-corrected chi connectivity index (χ3v) is 8.00. The minimum atomic E-state index is -0.527. The van der Waals surface area contributed by atoms with Crippen LogP contribution in [0.5, 0.6) is 5.75 Å². The van der Waals surface area contributed by atoms with Crippen molar-refractivity contribution >= 4 is 29.0 Å². The van der Waals surface area contributed by atoms with Crippen molar-refractivity contribution < 1.29 is 37.6 Å². The molecule has 0 saturated carbocycles. The highest BCUT2D eigenvalue weighted by Crippen LogP contribution is 2.31. The Hall–Kier alpha value is -3.50. The standard InChI is InChI=1S/C32H42ClFN6O7/c1-42-18-26-28(45-4)29(46-5)27(44-3)24(47-26)10-14-35-11-6-12-37-32(41)21-16-36-13-9-23(21)39-31-25(43-2)17-38-30(40-31)20-15-19(33)7-8-22(20)34/h7-9,13,15-17,24,26-29,35H,6,10-12,14,18H2,1-5H3,(H,37,41)(H,36,38,39,40)/t24?,26-,27-,28-,29-/m1/s1. The molecule has 0 bridgehead atoms. The third-order valence-electron chi connectivity index (χ3n) is 7.76. The van der Waals surface area contributed by atoms with E-state index < -0.39 is 5.82 Å².